The van der Waals surface area contributed by atoms with E-state index in [1.807, 2.05) is 12.1 Å². The first-order chi connectivity index (χ1) is 9.60. The van der Waals surface area contributed by atoms with Crippen molar-refractivity contribution in [3.8, 4) is 5.75 Å². The Hall–Kier alpha value is -2.08. The third-order valence-corrected chi connectivity index (χ3v) is 3.14. The molecule has 104 valence electrons. The van der Waals surface area contributed by atoms with Gasteiger partial charge in [0.2, 0.25) is 0 Å². The van der Waals surface area contributed by atoms with Gasteiger partial charge in [0.25, 0.3) is 0 Å². The average Bonchev–Trinajstić information content (AvgIpc) is 2.45. The number of nitrogens with two attached hydrogens (primary N) is 1. The Kier molecular flexibility index (Phi) is 4.57. The van der Waals surface area contributed by atoms with Crippen LogP contribution in [0.3, 0.4) is 0 Å². The maximum absolute atomic E-state index is 13.8. The molecule has 0 spiro atoms. The van der Waals surface area contributed by atoms with E-state index in [1.165, 1.54) is 6.07 Å². The van der Waals surface area contributed by atoms with E-state index in [9.17, 15) is 4.39 Å². The zero-order chi connectivity index (χ0) is 14.5. The second kappa shape index (κ2) is 6.38. The van der Waals surface area contributed by atoms with E-state index in [-0.39, 0.29) is 12.4 Å². The van der Waals surface area contributed by atoms with Gasteiger partial charge in [0.1, 0.15) is 18.2 Å². The van der Waals surface area contributed by atoms with Crippen molar-refractivity contribution >= 4 is 21.8 Å². The van der Waals surface area contributed by atoms with Crippen LogP contribution in [0.1, 0.15) is 11.1 Å². The van der Waals surface area contributed by atoms with E-state index < -0.39 is 5.82 Å². The van der Waals surface area contributed by atoms with E-state index in [1.54, 1.807) is 24.3 Å². The quantitative estimate of drug-likeness (QED) is 0.389. The van der Waals surface area contributed by atoms with Crippen LogP contribution in [0.15, 0.2) is 52.1 Å². The van der Waals surface area contributed by atoms with Crippen molar-refractivity contribution in [2.45, 2.75) is 6.61 Å². The number of ether oxygens (including phenoxy) is 1. The summed E-state index contributed by atoms with van der Waals surface area (Å²) < 4.78 is 20.2. The van der Waals surface area contributed by atoms with E-state index in [0.717, 1.165) is 4.47 Å². The molecule has 0 unspecified atom stereocenters. The maximum atomic E-state index is 13.8. The number of hydrogen-bond acceptors (Lipinski definition) is 3. The Morgan fingerprint density at radius 3 is 2.75 bits per heavy atom. The molecule has 0 atom stereocenters. The molecule has 0 aliphatic heterocycles. The monoisotopic (exact) mass is 338 g/mol. The molecule has 2 aromatic rings. The summed E-state index contributed by atoms with van der Waals surface area (Å²) >= 11 is 3.33. The summed E-state index contributed by atoms with van der Waals surface area (Å²) in [5.74, 6) is 0.0340. The predicted octanol–water partition coefficient (Wildman–Crippen LogP) is 3.26. The smallest absolute Gasteiger partial charge is 0.170 e. The third kappa shape index (κ3) is 3.48. The van der Waals surface area contributed by atoms with Gasteiger partial charge in [0.05, 0.1) is 0 Å². The standard InChI is InChI=1S/C14H12BrFN2O2/c15-11-2-1-3-12(7-11)20-8-10-5-4-9(6-13(10)16)14(17)18-19/h1-7,19H,8H2,(H2,17,18). The van der Waals surface area contributed by atoms with Crippen molar-refractivity contribution in [1.29, 1.82) is 0 Å². The second-order valence-corrected chi connectivity index (χ2v) is 4.95. The Balaban J connectivity index is 2.11. The van der Waals surface area contributed by atoms with E-state index in [4.69, 9.17) is 15.7 Å². The highest BCUT2D eigenvalue weighted by Gasteiger charge is 2.07. The number of benzene rings is 2. The summed E-state index contributed by atoms with van der Waals surface area (Å²) in [5.41, 5.74) is 6.10. The van der Waals surface area contributed by atoms with Gasteiger partial charge in [0, 0.05) is 15.6 Å². The maximum Gasteiger partial charge on any atom is 0.170 e. The molecular weight excluding hydrogens is 327 g/mol. The first-order valence-electron chi connectivity index (χ1n) is 5.75. The summed E-state index contributed by atoms with van der Waals surface area (Å²) in [5, 5.41) is 11.4. The summed E-state index contributed by atoms with van der Waals surface area (Å²) in [7, 11) is 0. The van der Waals surface area contributed by atoms with Gasteiger partial charge in [-0.15, -0.1) is 0 Å². The van der Waals surface area contributed by atoms with Crippen molar-refractivity contribution in [3.63, 3.8) is 0 Å². The fourth-order valence-electron chi connectivity index (χ4n) is 1.60. The highest BCUT2D eigenvalue weighted by Crippen LogP contribution is 2.20. The van der Waals surface area contributed by atoms with Gasteiger partial charge in [-0.1, -0.05) is 39.3 Å². The van der Waals surface area contributed by atoms with Gasteiger partial charge in [-0.05, 0) is 24.3 Å². The third-order valence-electron chi connectivity index (χ3n) is 2.65. The van der Waals surface area contributed by atoms with Crippen LogP contribution in [0.2, 0.25) is 0 Å². The van der Waals surface area contributed by atoms with Gasteiger partial charge in [-0.3, -0.25) is 0 Å². The molecule has 0 aliphatic carbocycles. The molecule has 6 heteroatoms. The minimum absolute atomic E-state index is 0.0960. The Bertz CT molecular complexity index is 647. The zero-order valence-electron chi connectivity index (χ0n) is 10.4. The van der Waals surface area contributed by atoms with Crippen molar-refractivity contribution in [2.75, 3.05) is 0 Å². The van der Waals surface area contributed by atoms with Gasteiger partial charge in [-0.2, -0.15) is 0 Å². The molecule has 3 N–H and O–H groups in total. The van der Waals surface area contributed by atoms with Gasteiger partial charge >= 0.3 is 0 Å². The number of oxime groups is 1. The summed E-state index contributed by atoms with van der Waals surface area (Å²) in [4.78, 5) is 0. The molecule has 2 aromatic carbocycles. The van der Waals surface area contributed by atoms with Crippen molar-refractivity contribution < 1.29 is 14.3 Å². The molecular formula is C14H12BrFN2O2. The number of halogens is 2. The van der Waals surface area contributed by atoms with Gasteiger partial charge < -0.3 is 15.7 Å². The topological polar surface area (TPSA) is 67.8 Å². The molecule has 0 bridgehead atoms. The number of hydrogen-bond donors (Lipinski definition) is 2. The molecule has 20 heavy (non-hydrogen) atoms. The fraction of sp³-hybridized carbons (Fsp3) is 0.0714. The van der Waals surface area contributed by atoms with Crippen LogP contribution in [0.5, 0.6) is 5.75 Å². The normalized spacial score (nSPS) is 11.4. The molecule has 4 nitrogen and oxygen atoms in total. The van der Waals surface area contributed by atoms with Crippen molar-refractivity contribution in [2.24, 2.45) is 10.9 Å². The minimum Gasteiger partial charge on any atom is -0.489 e. The van der Waals surface area contributed by atoms with E-state index >= 15 is 0 Å². The molecule has 0 aromatic heterocycles. The first-order valence-corrected chi connectivity index (χ1v) is 6.54. The highest BCUT2D eigenvalue weighted by atomic mass is 79.9. The fourth-order valence-corrected chi connectivity index (χ4v) is 1.98. The SMILES string of the molecule is N/C(=N\O)c1ccc(COc2cccc(Br)c2)c(F)c1. The molecule has 0 radical (unpaired) electrons. The average molecular weight is 339 g/mol. The molecule has 2 rings (SSSR count). The van der Waals surface area contributed by atoms with Crippen molar-refractivity contribution in [1.82, 2.24) is 0 Å². The number of nitrogens with zero attached hydrogens (tertiary/aromatic N) is 1. The Morgan fingerprint density at radius 2 is 2.10 bits per heavy atom. The molecule has 0 heterocycles. The van der Waals surface area contributed by atoms with Crippen LogP contribution in [0, 0.1) is 5.82 Å². The summed E-state index contributed by atoms with van der Waals surface area (Å²) in [6.07, 6.45) is 0. The van der Waals surface area contributed by atoms with Crippen LogP contribution >= 0.6 is 15.9 Å². The number of rotatable bonds is 4. The molecule has 0 aliphatic rings. The minimum atomic E-state index is -0.468. The lowest BCUT2D eigenvalue weighted by molar-refractivity contribution is 0.299. The largest absolute Gasteiger partial charge is 0.489 e. The van der Waals surface area contributed by atoms with E-state index in [2.05, 4.69) is 21.1 Å². The molecule has 0 amide bonds. The zero-order valence-corrected chi connectivity index (χ0v) is 12.0. The molecule has 0 fully saturated rings. The van der Waals surface area contributed by atoms with Gasteiger partial charge in [-0.25, -0.2) is 4.39 Å². The lowest BCUT2D eigenvalue weighted by atomic mass is 10.1. The van der Waals surface area contributed by atoms with E-state index in [0.29, 0.717) is 16.9 Å². The lowest BCUT2D eigenvalue weighted by Crippen LogP contribution is -2.13. The molecule has 0 saturated heterocycles. The van der Waals surface area contributed by atoms with Gasteiger partial charge in [0.15, 0.2) is 5.84 Å². The number of amidine groups is 1. The highest BCUT2D eigenvalue weighted by molar-refractivity contribution is 9.10. The second-order valence-electron chi connectivity index (χ2n) is 4.04. The first kappa shape index (κ1) is 14.3. The van der Waals surface area contributed by atoms with Crippen LogP contribution < -0.4 is 10.5 Å². The van der Waals surface area contributed by atoms with Crippen LogP contribution in [0.4, 0.5) is 4.39 Å². The Labute approximate surface area is 123 Å². The summed E-state index contributed by atoms with van der Waals surface area (Å²) in [6.45, 7) is 0.0960. The van der Waals surface area contributed by atoms with Crippen LogP contribution in [0.25, 0.3) is 0 Å². The van der Waals surface area contributed by atoms with Crippen molar-refractivity contribution in [3.05, 3.63) is 63.9 Å². The Morgan fingerprint density at radius 1 is 1.30 bits per heavy atom. The van der Waals surface area contributed by atoms with Crippen LogP contribution in [-0.2, 0) is 6.61 Å². The summed E-state index contributed by atoms with van der Waals surface area (Å²) in [6, 6.07) is 11.6. The lowest BCUT2D eigenvalue weighted by Gasteiger charge is -2.08. The predicted molar refractivity (Wildman–Crippen MR) is 77.4 cm³/mol. The molecule has 0 saturated carbocycles. The van der Waals surface area contributed by atoms with Crippen LogP contribution in [-0.4, -0.2) is 11.0 Å².